The van der Waals surface area contributed by atoms with Crippen molar-refractivity contribution >= 4 is 5.91 Å². The maximum absolute atomic E-state index is 12.4. The summed E-state index contributed by atoms with van der Waals surface area (Å²) >= 11 is 0. The summed E-state index contributed by atoms with van der Waals surface area (Å²) in [6, 6.07) is 9.14. The van der Waals surface area contributed by atoms with E-state index in [9.17, 15) is 9.59 Å². The van der Waals surface area contributed by atoms with E-state index in [0.29, 0.717) is 30.0 Å². The molecular formula is C25H25N7O3. The van der Waals surface area contributed by atoms with Gasteiger partial charge in [-0.2, -0.15) is 10.2 Å². The average molecular weight is 472 g/mol. The summed E-state index contributed by atoms with van der Waals surface area (Å²) in [6.07, 6.45) is 10.6. The highest BCUT2D eigenvalue weighted by Crippen LogP contribution is 2.18. The van der Waals surface area contributed by atoms with E-state index in [4.69, 9.17) is 4.74 Å². The molecule has 1 unspecified atom stereocenters. The van der Waals surface area contributed by atoms with E-state index < -0.39 is 0 Å². The molecular weight excluding hydrogens is 446 g/mol. The molecule has 0 saturated carbocycles. The van der Waals surface area contributed by atoms with Crippen molar-refractivity contribution in [3.8, 4) is 17.1 Å². The van der Waals surface area contributed by atoms with Crippen LogP contribution in [0.15, 0.2) is 66.1 Å². The van der Waals surface area contributed by atoms with Crippen LogP contribution in [0.2, 0.25) is 0 Å². The molecule has 10 nitrogen and oxygen atoms in total. The van der Waals surface area contributed by atoms with Crippen LogP contribution in [-0.4, -0.2) is 54.7 Å². The van der Waals surface area contributed by atoms with E-state index in [1.165, 1.54) is 18.5 Å². The molecule has 0 radical (unpaired) electrons. The van der Waals surface area contributed by atoms with E-state index in [0.717, 1.165) is 36.3 Å². The summed E-state index contributed by atoms with van der Waals surface area (Å²) in [6.45, 7) is 1.23. The van der Waals surface area contributed by atoms with Gasteiger partial charge in [-0.3, -0.25) is 14.3 Å². The van der Waals surface area contributed by atoms with E-state index in [1.807, 2.05) is 37.5 Å². The number of benzene rings is 1. The summed E-state index contributed by atoms with van der Waals surface area (Å²) < 4.78 is 8.85. The summed E-state index contributed by atoms with van der Waals surface area (Å²) in [5.74, 6) is 0.275. The number of hydrogen-bond donors (Lipinski definition) is 1. The van der Waals surface area contributed by atoms with Crippen molar-refractivity contribution in [3.05, 3.63) is 88.4 Å². The van der Waals surface area contributed by atoms with Gasteiger partial charge in [0.2, 0.25) is 5.43 Å². The lowest BCUT2D eigenvalue weighted by molar-refractivity contribution is 0.0857. The number of hydrogen-bond acceptors (Lipinski definition) is 7. The van der Waals surface area contributed by atoms with Crippen LogP contribution in [0.4, 0.5) is 0 Å². The van der Waals surface area contributed by atoms with Crippen LogP contribution < -0.4 is 10.7 Å². The topological polar surface area (TPSA) is 117 Å². The van der Waals surface area contributed by atoms with Crippen molar-refractivity contribution in [2.75, 3.05) is 13.2 Å². The number of rotatable bonds is 7. The van der Waals surface area contributed by atoms with Gasteiger partial charge in [-0.1, -0.05) is 18.2 Å². The van der Waals surface area contributed by atoms with Gasteiger partial charge in [-0.05, 0) is 24.5 Å². The van der Waals surface area contributed by atoms with Crippen molar-refractivity contribution in [2.24, 2.45) is 7.05 Å². The molecule has 4 aromatic rings. The van der Waals surface area contributed by atoms with Crippen molar-refractivity contribution < 1.29 is 9.53 Å². The third-order valence-electron chi connectivity index (χ3n) is 5.82. The monoisotopic (exact) mass is 471 g/mol. The van der Waals surface area contributed by atoms with Gasteiger partial charge in [0, 0.05) is 56.8 Å². The number of aromatic nitrogens is 6. The van der Waals surface area contributed by atoms with Gasteiger partial charge in [0.25, 0.3) is 5.91 Å². The molecule has 35 heavy (non-hydrogen) atoms. The average Bonchev–Trinajstić information content (AvgIpc) is 3.56. The van der Waals surface area contributed by atoms with Crippen LogP contribution in [0.3, 0.4) is 0 Å². The Bertz CT molecular complexity index is 1390. The third-order valence-corrected chi connectivity index (χ3v) is 5.82. The fourth-order valence-electron chi connectivity index (χ4n) is 3.96. The van der Waals surface area contributed by atoms with Crippen LogP contribution in [0, 0.1) is 0 Å². The fourth-order valence-corrected chi connectivity index (χ4v) is 3.96. The lowest BCUT2D eigenvalue weighted by Crippen LogP contribution is -2.31. The summed E-state index contributed by atoms with van der Waals surface area (Å²) in [5, 5.41) is 11.5. The summed E-state index contributed by atoms with van der Waals surface area (Å²) in [5.41, 5.74) is 3.15. The minimum Gasteiger partial charge on any atom is -0.376 e. The number of ether oxygens (including phenoxy) is 1. The molecule has 5 rings (SSSR count). The molecule has 1 aromatic carbocycles. The number of nitrogens with one attached hydrogen (secondary N) is 1. The first-order chi connectivity index (χ1) is 17.0. The van der Waals surface area contributed by atoms with Gasteiger partial charge in [0.1, 0.15) is 11.4 Å². The molecule has 3 aromatic heterocycles. The molecule has 0 spiro atoms. The van der Waals surface area contributed by atoms with Crippen LogP contribution >= 0.6 is 0 Å². The Morgan fingerprint density at radius 1 is 1.20 bits per heavy atom. The Kier molecular flexibility index (Phi) is 6.44. The minimum atomic E-state index is -0.221. The highest BCUT2D eigenvalue weighted by molar-refractivity contribution is 5.93. The van der Waals surface area contributed by atoms with E-state index in [1.54, 1.807) is 21.8 Å². The second kappa shape index (κ2) is 9.98. The first-order valence-corrected chi connectivity index (χ1v) is 11.4. The largest absolute Gasteiger partial charge is 0.376 e. The Morgan fingerprint density at radius 3 is 2.80 bits per heavy atom. The first-order valence-electron chi connectivity index (χ1n) is 11.4. The molecule has 0 bridgehead atoms. The van der Waals surface area contributed by atoms with Gasteiger partial charge in [0.15, 0.2) is 5.82 Å². The second-order valence-electron chi connectivity index (χ2n) is 8.46. The smallest absolute Gasteiger partial charge is 0.254 e. The van der Waals surface area contributed by atoms with Crippen molar-refractivity contribution in [1.82, 2.24) is 34.8 Å². The molecule has 10 heteroatoms. The van der Waals surface area contributed by atoms with Crippen LogP contribution in [0.5, 0.6) is 0 Å². The van der Waals surface area contributed by atoms with Crippen molar-refractivity contribution in [1.29, 1.82) is 0 Å². The van der Waals surface area contributed by atoms with Crippen LogP contribution in [0.1, 0.15) is 34.5 Å². The van der Waals surface area contributed by atoms with Crippen molar-refractivity contribution in [2.45, 2.75) is 25.4 Å². The molecule has 1 amide bonds. The molecule has 1 aliphatic heterocycles. The van der Waals surface area contributed by atoms with E-state index in [2.05, 4.69) is 25.5 Å². The second-order valence-corrected chi connectivity index (χ2v) is 8.46. The van der Waals surface area contributed by atoms with Crippen molar-refractivity contribution in [3.63, 3.8) is 0 Å². The Morgan fingerprint density at radius 2 is 2.06 bits per heavy atom. The number of amides is 1. The number of carbonyl (C=O) groups excluding carboxylic acids is 1. The number of carbonyl (C=O) groups is 1. The molecule has 1 atom stereocenters. The van der Waals surface area contributed by atoms with Gasteiger partial charge >= 0.3 is 0 Å². The molecule has 178 valence electrons. The number of aryl methyl sites for hydroxylation is 1. The van der Waals surface area contributed by atoms with Gasteiger partial charge in [-0.15, -0.1) is 0 Å². The zero-order valence-electron chi connectivity index (χ0n) is 19.3. The Labute approximate surface area is 201 Å². The predicted octanol–water partition coefficient (Wildman–Crippen LogP) is 1.92. The van der Waals surface area contributed by atoms with Gasteiger partial charge < -0.3 is 10.1 Å². The normalized spacial score (nSPS) is 15.3. The molecule has 1 N–H and O–H groups in total. The van der Waals surface area contributed by atoms with E-state index in [-0.39, 0.29) is 17.4 Å². The van der Waals surface area contributed by atoms with Gasteiger partial charge in [-0.25, -0.2) is 14.6 Å². The summed E-state index contributed by atoms with van der Waals surface area (Å²) in [7, 11) is 1.82. The Hall–Kier alpha value is -4.18. The first kappa shape index (κ1) is 22.6. The Balaban J connectivity index is 1.29. The standard InChI is InChI=1S/C25H25N7O3/c1-31-16-20(14-29-31)32-8-7-23(33)22(30-32)11-17-4-2-5-18(10-17)24-26-12-19(13-27-24)25(34)28-15-21-6-3-9-35-21/h2,4-5,7-8,10,12-14,16,21H,3,6,9,11,15H2,1H3,(H,28,34). The molecule has 1 saturated heterocycles. The van der Waals surface area contributed by atoms with Crippen LogP contribution in [-0.2, 0) is 18.2 Å². The zero-order valence-corrected chi connectivity index (χ0v) is 19.3. The lowest BCUT2D eigenvalue weighted by Gasteiger charge is -2.10. The van der Waals surface area contributed by atoms with Crippen LogP contribution in [0.25, 0.3) is 17.1 Å². The predicted molar refractivity (Wildman–Crippen MR) is 128 cm³/mol. The lowest BCUT2D eigenvalue weighted by atomic mass is 10.1. The maximum atomic E-state index is 12.4. The zero-order chi connectivity index (χ0) is 24.2. The van der Waals surface area contributed by atoms with Gasteiger partial charge in [0.05, 0.1) is 24.1 Å². The SMILES string of the molecule is Cn1cc(-n2ccc(=O)c(Cc3cccc(-c4ncc(C(=O)NCC5CCCO5)cn4)c3)n2)cn1. The molecule has 4 heterocycles. The molecule has 1 fully saturated rings. The quantitative estimate of drug-likeness (QED) is 0.438. The molecule has 0 aliphatic carbocycles. The maximum Gasteiger partial charge on any atom is 0.254 e. The highest BCUT2D eigenvalue weighted by atomic mass is 16.5. The highest BCUT2D eigenvalue weighted by Gasteiger charge is 2.17. The molecule has 1 aliphatic rings. The van der Waals surface area contributed by atoms with E-state index >= 15 is 0 Å². The summed E-state index contributed by atoms with van der Waals surface area (Å²) in [4.78, 5) is 33.6. The number of nitrogens with zero attached hydrogens (tertiary/aromatic N) is 6. The fraction of sp³-hybridized carbons (Fsp3) is 0.280. The minimum absolute atomic E-state index is 0.0782. The third kappa shape index (κ3) is 5.33.